The monoisotopic (exact) mass is 419 g/mol. The smallest absolute Gasteiger partial charge is 0.241 e. The van der Waals surface area contributed by atoms with Gasteiger partial charge in [-0.05, 0) is 18.4 Å². The Bertz CT molecular complexity index is 1020. The first-order valence-electron chi connectivity index (χ1n) is 9.99. The van der Waals surface area contributed by atoms with Crippen LogP contribution in [-0.2, 0) is 4.74 Å². The highest BCUT2D eigenvalue weighted by molar-refractivity contribution is 8.06. The van der Waals surface area contributed by atoms with Gasteiger partial charge in [0.25, 0.3) is 0 Å². The Balaban J connectivity index is 1.57. The molecule has 2 aliphatic heterocycles. The lowest BCUT2D eigenvalue weighted by Gasteiger charge is -2.28. The Kier molecular flexibility index (Phi) is 5.26. The van der Waals surface area contributed by atoms with Crippen molar-refractivity contribution in [3.8, 4) is 6.07 Å². The van der Waals surface area contributed by atoms with Gasteiger partial charge in [0.15, 0.2) is 0 Å². The summed E-state index contributed by atoms with van der Waals surface area (Å²) in [6, 6.07) is 12.6. The summed E-state index contributed by atoms with van der Waals surface area (Å²) in [5.41, 5.74) is 1.98. The number of rotatable bonds is 5. The molecule has 1 aliphatic carbocycles. The number of allylic oxidation sites excluding steroid dienone is 1. The molecule has 3 heterocycles. The van der Waals surface area contributed by atoms with Gasteiger partial charge in [0.2, 0.25) is 17.8 Å². The van der Waals surface area contributed by atoms with Gasteiger partial charge in [0.1, 0.15) is 0 Å². The third-order valence-corrected chi connectivity index (χ3v) is 5.91. The van der Waals surface area contributed by atoms with Crippen molar-refractivity contribution in [3.05, 3.63) is 52.4 Å². The standard InChI is InChI=1S/C21H21N7OS/c22-9-8-18-28(17(14-30-18)15-4-2-1-3-5-15)21-25-19(23-16-6-7-16)24-20(26-21)27-10-12-29-13-11-27/h1-5,8,14,16H,6-7,10-13H2,(H,23,24,25,26). The summed E-state index contributed by atoms with van der Waals surface area (Å²) in [4.78, 5) is 18.3. The second kappa shape index (κ2) is 8.34. The minimum atomic E-state index is 0.420. The van der Waals surface area contributed by atoms with E-state index in [0.717, 1.165) is 42.2 Å². The van der Waals surface area contributed by atoms with Crippen LogP contribution in [0.5, 0.6) is 0 Å². The lowest BCUT2D eigenvalue weighted by atomic mass is 10.1. The van der Waals surface area contributed by atoms with Crippen molar-refractivity contribution in [2.45, 2.75) is 18.9 Å². The highest BCUT2D eigenvalue weighted by atomic mass is 32.2. The Morgan fingerprint density at radius 3 is 2.60 bits per heavy atom. The van der Waals surface area contributed by atoms with Crippen LogP contribution in [0.4, 0.5) is 17.8 Å². The van der Waals surface area contributed by atoms with Gasteiger partial charge in [0.05, 0.1) is 30.0 Å². The fraction of sp³-hybridized carbons (Fsp3) is 0.333. The Morgan fingerprint density at radius 2 is 1.87 bits per heavy atom. The summed E-state index contributed by atoms with van der Waals surface area (Å²) >= 11 is 1.49. The number of benzene rings is 1. The molecule has 1 aromatic carbocycles. The zero-order valence-corrected chi connectivity index (χ0v) is 17.2. The zero-order chi connectivity index (χ0) is 20.3. The van der Waals surface area contributed by atoms with E-state index in [2.05, 4.69) is 21.3 Å². The fourth-order valence-electron chi connectivity index (χ4n) is 3.34. The van der Waals surface area contributed by atoms with Crippen LogP contribution in [-0.4, -0.2) is 47.3 Å². The number of morpholine rings is 1. The molecule has 0 unspecified atom stereocenters. The number of thioether (sulfide) groups is 1. The first-order valence-corrected chi connectivity index (χ1v) is 10.9. The molecule has 1 aromatic heterocycles. The maximum atomic E-state index is 9.31. The largest absolute Gasteiger partial charge is 0.378 e. The van der Waals surface area contributed by atoms with Crippen LogP contribution in [0.2, 0.25) is 0 Å². The average molecular weight is 420 g/mol. The van der Waals surface area contributed by atoms with E-state index < -0.39 is 0 Å². The van der Waals surface area contributed by atoms with E-state index in [9.17, 15) is 5.26 Å². The number of aromatic nitrogens is 3. The van der Waals surface area contributed by atoms with Gasteiger partial charge in [-0.25, -0.2) is 0 Å². The molecule has 1 saturated carbocycles. The van der Waals surface area contributed by atoms with Crippen LogP contribution in [0.3, 0.4) is 0 Å². The molecule has 2 fully saturated rings. The molecule has 0 radical (unpaired) electrons. The topological polar surface area (TPSA) is 90.2 Å². The lowest BCUT2D eigenvalue weighted by Crippen LogP contribution is -2.38. The number of hydrogen-bond acceptors (Lipinski definition) is 9. The SMILES string of the molecule is N#CC=C1SC=C(c2ccccc2)N1c1nc(NC2CC2)nc(N2CCOCC2)n1. The number of ether oxygens (including phenoxy) is 1. The summed E-state index contributed by atoms with van der Waals surface area (Å²) in [5.74, 6) is 1.72. The maximum Gasteiger partial charge on any atom is 0.241 e. The average Bonchev–Trinajstić information content (AvgIpc) is 3.51. The van der Waals surface area contributed by atoms with Gasteiger partial charge in [-0.1, -0.05) is 42.1 Å². The van der Waals surface area contributed by atoms with Crippen molar-refractivity contribution in [1.29, 1.82) is 5.26 Å². The Hall–Kier alpha value is -3.09. The summed E-state index contributed by atoms with van der Waals surface area (Å²) in [6.07, 6.45) is 3.79. The Morgan fingerprint density at radius 1 is 1.10 bits per heavy atom. The van der Waals surface area contributed by atoms with Crippen LogP contribution in [0.25, 0.3) is 5.70 Å². The van der Waals surface area contributed by atoms with E-state index in [-0.39, 0.29) is 0 Å². The molecule has 0 amide bonds. The van der Waals surface area contributed by atoms with Crippen molar-refractivity contribution in [2.24, 2.45) is 0 Å². The molecule has 0 atom stereocenters. The van der Waals surface area contributed by atoms with E-state index in [0.29, 0.717) is 37.1 Å². The second-order valence-corrected chi connectivity index (χ2v) is 8.10. The molecule has 1 N–H and O–H groups in total. The van der Waals surface area contributed by atoms with Gasteiger partial charge in [-0.3, -0.25) is 4.90 Å². The van der Waals surface area contributed by atoms with Gasteiger partial charge >= 0.3 is 0 Å². The molecular weight excluding hydrogens is 398 g/mol. The highest BCUT2D eigenvalue weighted by Gasteiger charge is 2.30. The highest BCUT2D eigenvalue weighted by Crippen LogP contribution is 2.42. The Labute approximate surface area is 179 Å². The van der Waals surface area contributed by atoms with Crippen molar-refractivity contribution >= 4 is 35.3 Å². The molecule has 2 aromatic rings. The third kappa shape index (κ3) is 3.97. The van der Waals surface area contributed by atoms with Crippen molar-refractivity contribution < 1.29 is 4.74 Å². The predicted octanol–water partition coefficient (Wildman–Crippen LogP) is 3.20. The lowest BCUT2D eigenvalue weighted by molar-refractivity contribution is 0.122. The van der Waals surface area contributed by atoms with Crippen LogP contribution >= 0.6 is 11.8 Å². The van der Waals surface area contributed by atoms with E-state index >= 15 is 0 Å². The zero-order valence-electron chi connectivity index (χ0n) is 16.4. The third-order valence-electron chi connectivity index (χ3n) is 5.03. The number of hydrogen-bond donors (Lipinski definition) is 1. The molecule has 8 nitrogen and oxygen atoms in total. The number of nitrogens with zero attached hydrogens (tertiary/aromatic N) is 6. The van der Waals surface area contributed by atoms with Gasteiger partial charge in [-0.15, -0.1) is 0 Å². The molecule has 1 saturated heterocycles. The predicted molar refractivity (Wildman–Crippen MR) is 118 cm³/mol. The molecule has 0 bridgehead atoms. The molecule has 30 heavy (non-hydrogen) atoms. The van der Waals surface area contributed by atoms with E-state index in [1.54, 1.807) is 0 Å². The summed E-state index contributed by atoms with van der Waals surface area (Å²) in [7, 11) is 0. The number of nitriles is 1. The minimum absolute atomic E-state index is 0.420. The van der Waals surface area contributed by atoms with Gasteiger partial charge in [-0.2, -0.15) is 20.2 Å². The minimum Gasteiger partial charge on any atom is -0.378 e. The van der Waals surface area contributed by atoms with E-state index in [1.807, 2.05) is 40.6 Å². The van der Waals surface area contributed by atoms with Crippen molar-refractivity contribution in [3.63, 3.8) is 0 Å². The normalized spacial score (nSPS) is 20.2. The molecule has 3 aliphatic rings. The van der Waals surface area contributed by atoms with E-state index in [4.69, 9.17) is 14.7 Å². The summed E-state index contributed by atoms with van der Waals surface area (Å²) < 4.78 is 5.48. The molecule has 5 rings (SSSR count). The van der Waals surface area contributed by atoms with Crippen molar-refractivity contribution in [1.82, 2.24) is 15.0 Å². The van der Waals surface area contributed by atoms with E-state index in [1.165, 1.54) is 17.8 Å². The quantitative estimate of drug-likeness (QED) is 0.734. The first-order chi connectivity index (χ1) is 14.8. The van der Waals surface area contributed by atoms with Crippen LogP contribution in [0.1, 0.15) is 18.4 Å². The number of anilines is 3. The van der Waals surface area contributed by atoms with Gasteiger partial charge < -0.3 is 15.0 Å². The number of nitrogens with one attached hydrogen (secondary N) is 1. The molecule has 0 spiro atoms. The van der Waals surface area contributed by atoms with Crippen LogP contribution in [0, 0.1) is 11.3 Å². The van der Waals surface area contributed by atoms with Crippen LogP contribution in [0.15, 0.2) is 46.8 Å². The second-order valence-electron chi connectivity index (χ2n) is 7.21. The maximum absolute atomic E-state index is 9.31. The fourth-order valence-corrected chi connectivity index (χ4v) is 4.22. The van der Waals surface area contributed by atoms with Crippen molar-refractivity contribution in [2.75, 3.05) is 41.4 Å². The first kappa shape index (κ1) is 18.9. The summed E-state index contributed by atoms with van der Waals surface area (Å²) in [5, 5.41) is 15.5. The molecule has 152 valence electrons. The van der Waals surface area contributed by atoms with Crippen LogP contribution < -0.4 is 15.1 Å². The molecular formula is C21H21N7OS. The summed E-state index contributed by atoms with van der Waals surface area (Å²) in [6.45, 7) is 2.79. The van der Waals surface area contributed by atoms with Gasteiger partial charge in [0, 0.05) is 30.6 Å². The molecule has 9 heteroatoms.